The Morgan fingerprint density at radius 1 is 1.14 bits per heavy atom. The molecule has 2 aromatic carbocycles. The molecule has 1 N–H and O–H groups in total. The highest BCUT2D eigenvalue weighted by molar-refractivity contribution is 6.31. The number of aryl methyl sites for hydroxylation is 1. The van der Waals surface area contributed by atoms with Crippen LogP contribution >= 0.6 is 11.6 Å². The summed E-state index contributed by atoms with van der Waals surface area (Å²) in [5, 5.41) is 3.16. The number of hydrogen-bond acceptors (Lipinski definition) is 4. The van der Waals surface area contributed by atoms with Gasteiger partial charge < -0.3 is 10.1 Å². The van der Waals surface area contributed by atoms with Gasteiger partial charge in [0, 0.05) is 16.8 Å². The van der Waals surface area contributed by atoms with Gasteiger partial charge in [0.05, 0.1) is 16.1 Å². The van der Waals surface area contributed by atoms with E-state index in [0.717, 1.165) is 53.9 Å². The van der Waals surface area contributed by atoms with E-state index < -0.39 is 24.3 Å². The molecule has 0 atom stereocenters. The van der Waals surface area contributed by atoms with Gasteiger partial charge >= 0.3 is 5.97 Å². The van der Waals surface area contributed by atoms with Crippen LogP contribution < -0.4 is 5.32 Å². The molecule has 1 amide bonds. The Morgan fingerprint density at radius 3 is 2.76 bits per heavy atom. The average molecular weight is 413 g/mol. The van der Waals surface area contributed by atoms with Crippen molar-refractivity contribution in [3.8, 4) is 0 Å². The van der Waals surface area contributed by atoms with E-state index in [4.69, 9.17) is 21.3 Å². The van der Waals surface area contributed by atoms with Crippen molar-refractivity contribution in [1.82, 2.24) is 4.98 Å². The SMILES string of the molecule is O=C(COC(=O)c1c2c(nc3ccccc13)CCCC2)Nc1ccc(F)c(Cl)c1. The Morgan fingerprint density at radius 2 is 1.93 bits per heavy atom. The van der Waals surface area contributed by atoms with E-state index in [2.05, 4.69) is 5.32 Å². The maximum atomic E-state index is 13.2. The number of pyridine rings is 1. The number of nitrogens with zero attached hydrogens (tertiary/aromatic N) is 1. The number of halogens is 2. The van der Waals surface area contributed by atoms with Crippen LogP contribution in [0.1, 0.15) is 34.5 Å². The second kappa shape index (κ2) is 8.17. The largest absolute Gasteiger partial charge is 0.452 e. The topological polar surface area (TPSA) is 68.3 Å². The Kier molecular flexibility index (Phi) is 5.45. The third-order valence-electron chi connectivity index (χ3n) is 4.91. The van der Waals surface area contributed by atoms with Crippen LogP contribution in [0, 0.1) is 5.82 Å². The molecule has 1 aliphatic rings. The fourth-order valence-corrected chi connectivity index (χ4v) is 3.76. The average Bonchev–Trinajstić information content (AvgIpc) is 2.73. The number of nitrogens with one attached hydrogen (secondary N) is 1. The maximum Gasteiger partial charge on any atom is 0.339 e. The first-order chi connectivity index (χ1) is 14.0. The van der Waals surface area contributed by atoms with Crippen LogP contribution in [0.4, 0.5) is 10.1 Å². The third kappa shape index (κ3) is 4.07. The number of hydrogen-bond donors (Lipinski definition) is 1. The molecule has 3 aromatic rings. The minimum absolute atomic E-state index is 0.102. The molecule has 0 aliphatic heterocycles. The number of benzene rings is 2. The molecule has 1 aromatic heterocycles. The standard InChI is InChI=1S/C22H18ClFN2O3/c23-16-11-13(9-10-17(16)24)25-20(27)12-29-22(28)21-14-5-1-3-7-18(14)26-19-8-4-2-6-15(19)21/h1,3,5,7,9-11H,2,4,6,8,12H2,(H,25,27). The van der Waals surface area contributed by atoms with E-state index in [1.165, 1.54) is 12.1 Å². The molecule has 1 aliphatic carbocycles. The summed E-state index contributed by atoms with van der Waals surface area (Å²) in [7, 11) is 0. The van der Waals surface area contributed by atoms with Gasteiger partial charge in [-0.25, -0.2) is 9.18 Å². The number of amides is 1. The van der Waals surface area contributed by atoms with Crippen molar-refractivity contribution < 1.29 is 18.7 Å². The molecule has 0 fully saturated rings. The molecule has 0 saturated heterocycles. The quantitative estimate of drug-likeness (QED) is 0.630. The highest BCUT2D eigenvalue weighted by Crippen LogP contribution is 2.29. The van der Waals surface area contributed by atoms with Gasteiger partial charge in [-0.3, -0.25) is 9.78 Å². The van der Waals surface area contributed by atoms with Gasteiger partial charge in [0.15, 0.2) is 6.61 Å². The molecular weight excluding hydrogens is 395 g/mol. The van der Waals surface area contributed by atoms with Crippen molar-refractivity contribution in [2.75, 3.05) is 11.9 Å². The number of carbonyl (C=O) groups excluding carboxylic acids is 2. The predicted octanol–water partition coefficient (Wildman–Crippen LogP) is 4.70. The van der Waals surface area contributed by atoms with Crippen LogP contribution in [0.2, 0.25) is 5.02 Å². The zero-order valence-corrected chi connectivity index (χ0v) is 16.3. The normalized spacial score (nSPS) is 13.0. The summed E-state index contributed by atoms with van der Waals surface area (Å²) in [5.41, 5.74) is 3.38. The minimum atomic E-state index is -0.578. The van der Waals surface area contributed by atoms with Gasteiger partial charge in [-0.05, 0) is 55.5 Å². The monoisotopic (exact) mass is 412 g/mol. The Bertz CT molecular complexity index is 1120. The van der Waals surface area contributed by atoms with E-state index >= 15 is 0 Å². The number of ether oxygens (including phenoxy) is 1. The van der Waals surface area contributed by atoms with Crippen LogP contribution in [0.5, 0.6) is 0 Å². The lowest BCUT2D eigenvalue weighted by molar-refractivity contribution is -0.119. The van der Waals surface area contributed by atoms with Crippen molar-refractivity contribution >= 4 is 40.1 Å². The highest BCUT2D eigenvalue weighted by Gasteiger charge is 2.24. The maximum absolute atomic E-state index is 13.2. The first-order valence-electron chi connectivity index (χ1n) is 9.35. The molecule has 0 unspecified atom stereocenters. The van der Waals surface area contributed by atoms with Gasteiger partial charge in [0.25, 0.3) is 5.91 Å². The molecule has 29 heavy (non-hydrogen) atoms. The minimum Gasteiger partial charge on any atom is -0.452 e. The molecule has 5 nitrogen and oxygen atoms in total. The fourth-order valence-electron chi connectivity index (χ4n) is 3.58. The summed E-state index contributed by atoms with van der Waals surface area (Å²) in [5.74, 6) is -1.66. The second-order valence-corrected chi connectivity index (χ2v) is 7.30. The first-order valence-corrected chi connectivity index (χ1v) is 9.73. The lowest BCUT2D eigenvalue weighted by Gasteiger charge is -2.19. The number of aromatic nitrogens is 1. The summed E-state index contributed by atoms with van der Waals surface area (Å²) in [6, 6.07) is 11.3. The van der Waals surface area contributed by atoms with Crippen LogP contribution in [-0.4, -0.2) is 23.5 Å². The summed E-state index contributed by atoms with van der Waals surface area (Å²) < 4.78 is 18.5. The molecule has 0 saturated carbocycles. The zero-order chi connectivity index (χ0) is 20.4. The van der Waals surface area contributed by atoms with Crippen LogP contribution in [0.3, 0.4) is 0 Å². The van der Waals surface area contributed by atoms with E-state index in [-0.39, 0.29) is 5.02 Å². The molecule has 7 heteroatoms. The number of rotatable bonds is 4. The predicted molar refractivity (Wildman–Crippen MR) is 109 cm³/mol. The number of para-hydroxylation sites is 1. The van der Waals surface area contributed by atoms with Gasteiger partial charge in [-0.2, -0.15) is 0 Å². The zero-order valence-electron chi connectivity index (χ0n) is 15.5. The van der Waals surface area contributed by atoms with E-state index in [1.807, 2.05) is 24.3 Å². The van der Waals surface area contributed by atoms with Crippen molar-refractivity contribution in [2.24, 2.45) is 0 Å². The van der Waals surface area contributed by atoms with Crippen LogP contribution in [0.25, 0.3) is 10.9 Å². The Labute approximate surface area is 171 Å². The molecule has 4 rings (SSSR count). The number of fused-ring (bicyclic) bond motifs is 2. The summed E-state index contributed by atoms with van der Waals surface area (Å²) >= 11 is 5.71. The van der Waals surface area contributed by atoms with E-state index in [1.54, 1.807) is 0 Å². The van der Waals surface area contributed by atoms with Crippen molar-refractivity contribution in [2.45, 2.75) is 25.7 Å². The van der Waals surface area contributed by atoms with Crippen molar-refractivity contribution in [3.05, 3.63) is 70.1 Å². The molecule has 1 heterocycles. The summed E-state index contributed by atoms with van der Waals surface area (Å²) in [4.78, 5) is 29.7. The summed E-state index contributed by atoms with van der Waals surface area (Å²) in [6.07, 6.45) is 3.61. The number of anilines is 1. The van der Waals surface area contributed by atoms with Gasteiger partial charge in [0.2, 0.25) is 0 Å². The smallest absolute Gasteiger partial charge is 0.339 e. The van der Waals surface area contributed by atoms with Gasteiger partial charge in [-0.1, -0.05) is 29.8 Å². The van der Waals surface area contributed by atoms with Crippen LogP contribution in [-0.2, 0) is 22.4 Å². The highest BCUT2D eigenvalue weighted by atomic mass is 35.5. The molecule has 0 bridgehead atoms. The lowest BCUT2D eigenvalue weighted by atomic mass is 9.90. The van der Waals surface area contributed by atoms with Gasteiger partial charge in [-0.15, -0.1) is 0 Å². The molecule has 0 radical (unpaired) electrons. The molecule has 148 valence electrons. The Hall–Kier alpha value is -2.99. The Balaban J connectivity index is 1.53. The fraction of sp³-hybridized carbons (Fsp3) is 0.227. The molecule has 0 spiro atoms. The van der Waals surface area contributed by atoms with Crippen LogP contribution in [0.15, 0.2) is 42.5 Å². The third-order valence-corrected chi connectivity index (χ3v) is 5.20. The second-order valence-electron chi connectivity index (χ2n) is 6.89. The molecular formula is C22H18ClFN2O3. The van der Waals surface area contributed by atoms with Crippen molar-refractivity contribution in [3.63, 3.8) is 0 Å². The number of esters is 1. The van der Waals surface area contributed by atoms with Gasteiger partial charge in [0.1, 0.15) is 5.82 Å². The van der Waals surface area contributed by atoms with E-state index in [9.17, 15) is 14.0 Å². The van der Waals surface area contributed by atoms with Crippen molar-refractivity contribution in [1.29, 1.82) is 0 Å². The first kappa shape index (κ1) is 19.3. The number of carbonyl (C=O) groups is 2. The lowest BCUT2D eigenvalue weighted by Crippen LogP contribution is -2.22. The van der Waals surface area contributed by atoms with E-state index in [0.29, 0.717) is 11.3 Å². The summed E-state index contributed by atoms with van der Waals surface area (Å²) in [6.45, 7) is -0.459.